The van der Waals surface area contributed by atoms with Crippen molar-refractivity contribution >= 4 is 29.1 Å². The van der Waals surface area contributed by atoms with Crippen LogP contribution in [0.2, 0.25) is 0 Å². The van der Waals surface area contributed by atoms with Crippen LogP contribution in [0.3, 0.4) is 0 Å². The Labute approximate surface area is 213 Å². The Kier molecular flexibility index (Phi) is 7.86. The highest BCUT2D eigenvalue weighted by atomic mass is 16.5. The summed E-state index contributed by atoms with van der Waals surface area (Å²) in [5.41, 5.74) is 4.21. The van der Waals surface area contributed by atoms with Crippen molar-refractivity contribution in [3.8, 4) is 5.75 Å². The molecule has 0 aromatic heterocycles. The van der Waals surface area contributed by atoms with Crippen LogP contribution in [-0.4, -0.2) is 55.6 Å². The predicted molar refractivity (Wildman–Crippen MR) is 141 cm³/mol. The molecule has 3 rings (SSSR count). The summed E-state index contributed by atoms with van der Waals surface area (Å²) in [6.45, 7) is 10.4. The molecule has 8 nitrogen and oxygen atoms in total. The van der Waals surface area contributed by atoms with Crippen LogP contribution in [0, 0.1) is 5.41 Å². The van der Waals surface area contributed by atoms with Crippen molar-refractivity contribution in [2.75, 3.05) is 32.1 Å². The standard InChI is InChI=1S/C28H36N4O4/c1-8-36-25-12-20-15-32(27(29)23(20)11-19(25)13-26(35)30-6)16-24(34)18-9-21(28(3,4)5)14-22(10-18)31(7)17(2)33/h9-12,14,29H,8,13,15-16H2,1-7H3,(H,30,35). The fourth-order valence-corrected chi connectivity index (χ4v) is 4.14. The summed E-state index contributed by atoms with van der Waals surface area (Å²) < 4.78 is 5.76. The molecule has 0 radical (unpaired) electrons. The lowest BCUT2D eigenvalue weighted by Crippen LogP contribution is -2.31. The van der Waals surface area contributed by atoms with Gasteiger partial charge < -0.3 is 19.9 Å². The average molecular weight is 493 g/mol. The van der Waals surface area contributed by atoms with Crippen LogP contribution in [0.4, 0.5) is 5.69 Å². The monoisotopic (exact) mass is 492 g/mol. The van der Waals surface area contributed by atoms with E-state index in [9.17, 15) is 14.4 Å². The third-order valence-electron chi connectivity index (χ3n) is 6.45. The quantitative estimate of drug-likeness (QED) is 0.548. The molecule has 0 spiro atoms. The number of ketones is 1. The molecule has 0 bridgehead atoms. The zero-order chi connectivity index (χ0) is 26.8. The van der Waals surface area contributed by atoms with E-state index in [1.54, 1.807) is 25.1 Å². The molecule has 1 aliphatic rings. The van der Waals surface area contributed by atoms with Crippen molar-refractivity contribution in [1.82, 2.24) is 10.2 Å². The van der Waals surface area contributed by atoms with E-state index in [0.29, 0.717) is 41.3 Å². The van der Waals surface area contributed by atoms with Crippen LogP contribution in [0.1, 0.15) is 67.2 Å². The van der Waals surface area contributed by atoms with Crippen LogP contribution in [0.25, 0.3) is 0 Å². The van der Waals surface area contributed by atoms with Crippen LogP contribution in [-0.2, 0) is 28.0 Å². The van der Waals surface area contributed by atoms with Crippen LogP contribution in [0.5, 0.6) is 5.75 Å². The maximum Gasteiger partial charge on any atom is 0.224 e. The van der Waals surface area contributed by atoms with E-state index < -0.39 is 0 Å². The molecule has 2 aromatic rings. The Morgan fingerprint density at radius 1 is 1.14 bits per heavy atom. The third-order valence-corrected chi connectivity index (χ3v) is 6.45. The molecule has 1 heterocycles. The van der Waals surface area contributed by atoms with Gasteiger partial charge in [0.05, 0.1) is 19.6 Å². The summed E-state index contributed by atoms with van der Waals surface area (Å²) >= 11 is 0. The normalized spacial score (nSPS) is 12.9. The lowest BCUT2D eigenvalue weighted by atomic mass is 9.85. The first-order valence-corrected chi connectivity index (χ1v) is 12.1. The van der Waals surface area contributed by atoms with Gasteiger partial charge in [0.2, 0.25) is 11.8 Å². The van der Waals surface area contributed by atoms with Gasteiger partial charge in [0, 0.05) is 49.9 Å². The van der Waals surface area contributed by atoms with Gasteiger partial charge in [-0.15, -0.1) is 0 Å². The minimum atomic E-state index is -0.212. The van der Waals surface area contributed by atoms with Crippen molar-refractivity contribution in [2.24, 2.45) is 0 Å². The fraction of sp³-hybridized carbons (Fsp3) is 0.429. The summed E-state index contributed by atoms with van der Waals surface area (Å²) in [4.78, 5) is 40.7. The Balaban J connectivity index is 1.90. The highest BCUT2D eigenvalue weighted by Crippen LogP contribution is 2.32. The second-order valence-corrected chi connectivity index (χ2v) is 10.1. The number of benzene rings is 2. The number of likely N-dealkylation sites (N-methyl/N-ethyl adjacent to an activating group) is 1. The Morgan fingerprint density at radius 3 is 2.42 bits per heavy atom. The Hall–Kier alpha value is -3.68. The number of anilines is 1. The van der Waals surface area contributed by atoms with Crippen molar-refractivity contribution in [3.05, 3.63) is 58.1 Å². The van der Waals surface area contributed by atoms with Crippen LogP contribution < -0.4 is 15.0 Å². The molecule has 2 N–H and O–H groups in total. The van der Waals surface area contributed by atoms with E-state index in [0.717, 1.165) is 11.1 Å². The number of ether oxygens (including phenoxy) is 1. The lowest BCUT2D eigenvalue weighted by molar-refractivity contribution is -0.120. The van der Waals surface area contributed by atoms with Gasteiger partial charge in [-0.3, -0.25) is 19.8 Å². The van der Waals surface area contributed by atoms with E-state index in [1.165, 1.54) is 11.8 Å². The summed E-state index contributed by atoms with van der Waals surface area (Å²) in [5, 5.41) is 11.3. The van der Waals surface area contributed by atoms with Gasteiger partial charge in [-0.2, -0.15) is 0 Å². The molecular weight excluding hydrogens is 456 g/mol. The smallest absolute Gasteiger partial charge is 0.224 e. The SMILES string of the molecule is CCOc1cc2c(cc1CC(=O)NC)C(=N)N(CC(=O)c1cc(N(C)C(C)=O)cc(C(C)(C)C)c1)C2. The maximum atomic E-state index is 13.4. The lowest BCUT2D eigenvalue weighted by Gasteiger charge is -2.24. The molecule has 2 aromatic carbocycles. The minimum Gasteiger partial charge on any atom is -0.494 e. The summed E-state index contributed by atoms with van der Waals surface area (Å²) in [5.74, 6) is 0.474. The summed E-state index contributed by atoms with van der Waals surface area (Å²) in [6.07, 6.45) is 0.150. The first-order valence-electron chi connectivity index (χ1n) is 12.1. The number of Topliss-reactive ketones (excluding diaryl/α,β-unsaturated/α-hetero) is 1. The number of nitrogens with one attached hydrogen (secondary N) is 2. The average Bonchev–Trinajstić information content (AvgIpc) is 3.11. The minimum absolute atomic E-state index is 0.0269. The number of carbonyl (C=O) groups is 3. The Morgan fingerprint density at radius 2 is 1.83 bits per heavy atom. The summed E-state index contributed by atoms with van der Waals surface area (Å²) in [7, 11) is 3.27. The number of rotatable bonds is 8. The molecule has 0 atom stereocenters. The maximum absolute atomic E-state index is 13.4. The van der Waals surface area contributed by atoms with Gasteiger partial charge in [-0.05, 0) is 53.8 Å². The van der Waals surface area contributed by atoms with Crippen molar-refractivity contribution in [1.29, 1.82) is 5.41 Å². The largest absolute Gasteiger partial charge is 0.494 e. The van der Waals surface area contributed by atoms with E-state index in [-0.39, 0.29) is 41.8 Å². The Bertz CT molecular complexity index is 1210. The van der Waals surface area contributed by atoms with Gasteiger partial charge >= 0.3 is 0 Å². The molecule has 8 heteroatoms. The molecule has 0 aliphatic carbocycles. The first-order chi connectivity index (χ1) is 16.8. The second-order valence-electron chi connectivity index (χ2n) is 10.1. The number of hydrogen-bond acceptors (Lipinski definition) is 5. The molecule has 36 heavy (non-hydrogen) atoms. The van der Waals surface area contributed by atoms with E-state index in [4.69, 9.17) is 10.1 Å². The number of nitrogens with zero attached hydrogens (tertiary/aromatic N) is 2. The number of amides is 2. The highest BCUT2D eigenvalue weighted by Gasteiger charge is 2.29. The molecule has 0 saturated heterocycles. The molecule has 2 amide bonds. The number of amidine groups is 1. The molecule has 0 saturated carbocycles. The second kappa shape index (κ2) is 10.5. The number of carbonyl (C=O) groups excluding carboxylic acids is 3. The number of fused-ring (bicyclic) bond motifs is 1. The van der Waals surface area contributed by atoms with E-state index in [2.05, 4.69) is 26.1 Å². The molecule has 1 aliphatic heterocycles. The first kappa shape index (κ1) is 26.9. The third kappa shape index (κ3) is 5.75. The van der Waals surface area contributed by atoms with E-state index >= 15 is 0 Å². The van der Waals surface area contributed by atoms with Crippen molar-refractivity contribution in [2.45, 2.75) is 53.0 Å². The fourth-order valence-electron chi connectivity index (χ4n) is 4.14. The van der Waals surface area contributed by atoms with Gasteiger partial charge in [0.25, 0.3) is 0 Å². The van der Waals surface area contributed by atoms with Gasteiger partial charge in [-0.25, -0.2) is 0 Å². The number of hydrogen-bond donors (Lipinski definition) is 2. The molecular formula is C28H36N4O4. The molecule has 192 valence electrons. The topological polar surface area (TPSA) is 103 Å². The van der Waals surface area contributed by atoms with Gasteiger partial charge in [0.15, 0.2) is 5.78 Å². The molecule has 0 unspecified atom stereocenters. The zero-order valence-electron chi connectivity index (χ0n) is 22.2. The highest BCUT2D eigenvalue weighted by molar-refractivity contribution is 6.06. The summed E-state index contributed by atoms with van der Waals surface area (Å²) in [6, 6.07) is 9.25. The van der Waals surface area contributed by atoms with Gasteiger partial charge in [0.1, 0.15) is 11.6 Å². The zero-order valence-corrected chi connectivity index (χ0v) is 22.2. The van der Waals surface area contributed by atoms with Crippen LogP contribution >= 0.6 is 0 Å². The van der Waals surface area contributed by atoms with E-state index in [1.807, 2.05) is 31.2 Å². The van der Waals surface area contributed by atoms with Gasteiger partial charge in [-0.1, -0.05) is 20.8 Å². The molecule has 0 fully saturated rings. The van der Waals surface area contributed by atoms with Crippen molar-refractivity contribution in [3.63, 3.8) is 0 Å². The van der Waals surface area contributed by atoms with Crippen molar-refractivity contribution < 1.29 is 19.1 Å². The predicted octanol–water partition coefficient (Wildman–Crippen LogP) is 3.68. The van der Waals surface area contributed by atoms with Crippen LogP contribution in [0.15, 0.2) is 30.3 Å².